The van der Waals surface area contributed by atoms with E-state index in [1.54, 1.807) is 36.4 Å². The predicted molar refractivity (Wildman–Crippen MR) is 312 cm³/mol. The summed E-state index contributed by atoms with van der Waals surface area (Å²) in [5.41, 5.74) is 11.6. The summed E-state index contributed by atoms with van der Waals surface area (Å²) in [6.07, 6.45) is 11.3. The second-order valence-corrected chi connectivity index (χ2v) is 22.2. The third kappa shape index (κ3) is 15.5. The first-order valence-electron chi connectivity index (χ1n) is 27.6. The lowest BCUT2D eigenvalue weighted by Crippen LogP contribution is -2.44. The highest BCUT2D eigenvalue weighted by Crippen LogP contribution is 2.52. The highest BCUT2D eigenvalue weighted by atomic mass is 35.5. The molecule has 12 N–H and O–H groups in total. The van der Waals surface area contributed by atoms with Gasteiger partial charge in [-0.15, -0.1) is 23.2 Å². The number of hydrogen-bond acceptors (Lipinski definition) is 20. The fourth-order valence-corrected chi connectivity index (χ4v) is 10.1. The van der Waals surface area contributed by atoms with Gasteiger partial charge < -0.3 is 85.0 Å². The number of rotatable bonds is 8. The van der Waals surface area contributed by atoms with Gasteiger partial charge in [0.05, 0.1) is 47.0 Å². The summed E-state index contributed by atoms with van der Waals surface area (Å²) in [5, 5.41) is 69.3. The molecule has 5 aliphatic heterocycles. The summed E-state index contributed by atoms with van der Waals surface area (Å²) in [6, 6.07) is 5.67. The number of aromatic nitrogens is 9. The lowest BCUT2D eigenvalue weighted by atomic mass is 9.87. The Morgan fingerprint density at radius 1 is 0.642 bits per heavy atom. The number of epoxide rings is 1. The van der Waals surface area contributed by atoms with Gasteiger partial charge in [-0.05, 0) is 92.0 Å². The van der Waals surface area contributed by atoms with Crippen molar-refractivity contribution < 1.29 is 59.4 Å². The van der Waals surface area contributed by atoms with E-state index in [9.17, 15) is 30.6 Å². The average molecular weight is 1180 g/mol. The molecule has 0 aliphatic carbocycles. The molecule has 6 aromatic rings. The number of aliphatic hydroxyl groups excluding tert-OH is 4. The number of nitrogens with one attached hydrogen (secondary N) is 1. The van der Waals surface area contributed by atoms with Crippen LogP contribution in [-0.4, -0.2) is 171 Å². The summed E-state index contributed by atoms with van der Waals surface area (Å²) in [6.45, 7) is 25.9. The Balaban J connectivity index is 0.000000215. The number of hydrogen-bond donors (Lipinski definition) is 10. The zero-order chi connectivity index (χ0) is 60.8. The first kappa shape index (κ1) is 69.2. The lowest BCUT2D eigenvalue weighted by Gasteiger charge is -2.28. The van der Waals surface area contributed by atoms with Gasteiger partial charge in [-0.3, -0.25) is 0 Å². The Kier molecular flexibility index (Phi) is 26.1. The molecule has 0 spiro atoms. The van der Waals surface area contributed by atoms with Crippen molar-refractivity contribution in [2.75, 3.05) is 31.3 Å². The molecular formula is C56H91Cl2N11O12. The van der Waals surface area contributed by atoms with Gasteiger partial charge in [0, 0.05) is 54.2 Å². The number of nitrogens with zero attached hydrogens (tertiary/aromatic N) is 8. The van der Waals surface area contributed by atoms with Gasteiger partial charge in [0.15, 0.2) is 25.0 Å². The fraction of sp³-hybridized carbons (Fsp3) is 0.679. The number of anilines is 1. The van der Waals surface area contributed by atoms with Gasteiger partial charge in [-0.25, -0.2) is 29.9 Å². The van der Waals surface area contributed by atoms with Crippen LogP contribution < -0.4 is 11.5 Å². The van der Waals surface area contributed by atoms with Crippen LogP contribution in [0.25, 0.3) is 33.1 Å². The van der Waals surface area contributed by atoms with Crippen LogP contribution in [0.5, 0.6) is 0 Å². The van der Waals surface area contributed by atoms with Crippen molar-refractivity contribution in [1.29, 1.82) is 0 Å². The molecule has 11 rings (SSSR count). The van der Waals surface area contributed by atoms with E-state index in [0.29, 0.717) is 28.9 Å². The third-order valence-electron chi connectivity index (χ3n) is 16.1. The Hall–Kier alpha value is -4.28. The molecular weight excluding hydrogens is 1090 g/mol. The molecule has 5 fully saturated rings. The number of halogens is 2. The van der Waals surface area contributed by atoms with Crippen molar-refractivity contribution in [2.45, 2.75) is 200 Å². The van der Waals surface area contributed by atoms with Crippen LogP contribution in [0.3, 0.4) is 0 Å². The second kappa shape index (κ2) is 30.5. The Morgan fingerprint density at radius 3 is 1.56 bits per heavy atom. The summed E-state index contributed by atoms with van der Waals surface area (Å²) in [4.78, 5) is 27.7. The van der Waals surface area contributed by atoms with Crippen molar-refractivity contribution in [2.24, 2.45) is 23.5 Å². The number of aliphatic hydroxyl groups is 7. The topological polar surface area (TPSA) is 346 Å². The van der Waals surface area contributed by atoms with E-state index in [0.717, 1.165) is 66.4 Å². The van der Waals surface area contributed by atoms with Crippen LogP contribution in [0.4, 0.5) is 5.82 Å². The number of nitrogen functional groups attached to an aromatic ring is 1. The van der Waals surface area contributed by atoms with Crippen molar-refractivity contribution in [3.05, 3.63) is 67.2 Å². The van der Waals surface area contributed by atoms with Crippen LogP contribution in [0.2, 0.25) is 0 Å². The van der Waals surface area contributed by atoms with Crippen molar-refractivity contribution in [3.8, 4) is 0 Å². The lowest BCUT2D eigenvalue weighted by molar-refractivity contribution is -0.164. The number of nitrogens with two attached hydrogens (primary N) is 2. The first-order valence-corrected chi connectivity index (χ1v) is 28.7. The van der Waals surface area contributed by atoms with E-state index in [2.05, 4.69) is 69.5 Å². The maximum atomic E-state index is 10.8. The molecule has 0 radical (unpaired) electrons. The van der Waals surface area contributed by atoms with Gasteiger partial charge in [-0.2, -0.15) is 0 Å². The first-order chi connectivity index (χ1) is 38.3. The third-order valence-corrected chi connectivity index (χ3v) is 16.1. The monoisotopic (exact) mass is 1180 g/mol. The van der Waals surface area contributed by atoms with Crippen LogP contribution in [-0.2, 0) is 23.7 Å². The van der Waals surface area contributed by atoms with Crippen LogP contribution >= 0.6 is 23.2 Å². The molecule has 0 aromatic carbocycles. The number of alkyl halides is 2. The molecule has 11 heterocycles. The molecule has 6 aromatic heterocycles. The van der Waals surface area contributed by atoms with E-state index in [1.165, 1.54) is 26.1 Å². The second-order valence-electron chi connectivity index (χ2n) is 21.4. The number of aryl methyl sites for hydroxylation is 2. The van der Waals surface area contributed by atoms with Gasteiger partial charge in [0.2, 0.25) is 0 Å². The number of unbranched alkanes of at least 4 members (excludes halogenated alkanes) is 1. The van der Waals surface area contributed by atoms with Crippen LogP contribution in [0.15, 0.2) is 55.8 Å². The van der Waals surface area contributed by atoms with Crippen molar-refractivity contribution in [3.63, 3.8) is 0 Å². The molecule has 0 bridgehead atoms. The minimum atomic E-state index is -1.56. The van der Waals surface area contributed by atoms with Gasteiger partial charge in [0.1, 0.15) is 76.4 Å². The number of aromatic amines is 1. The zero-order valence-corrected chi connectivity index (χ0v) is 51.0. The van der Waals surface area contributed by atoms with Crippen LogP contribution in [0.1, 0.15) is 132 Å². The highest BCUT2D eigenvalue weighted by molar-refractivity contribution is 6.40. The van der Waals surface area contributed by atoms with E-state index < -0.39 is 47.8 Å². The van der Waals surface area contributed by atoms with E-state index in [4.69, 9.17) is 63.5 Å². The molecule has 5 aliphatic rings. The number of ether oxygens (including phenoxy) is 5. The van der Waals surface area contributed by atoms with E-state index in [-0.39, 0.29) is 47.9 Å². The highest BCUT2D eigenvalue weighted by Gasteiger charge is 2.65. The Labute approximate surface area is 485 Å². The molecule has 23 nitrogen and oxygen atoms in total. The van der Waals surface area contributed by atoms with E-state index in [1.807, 2.05) is 70.6 Å². The molecule has 0 amide bonds. The quantitative estimate of drug-likeness (QED) is 0.0571. The fourth-order valence-electron chi connectivity index (χ4n) is 10.1. The minimum absolute atomic E-state index is 0.00231. The molecule has 456 valence electrons. The predicted octanol–water partition coefficient (Wildman–Crippen LogP) is 6.54. The molecule has 5 saturated heterocycles. The molecule has 16 atom stereocenters. The largest absolute Gasteiger partial charge is 0.400 e. The summed E-state index contributed by atoms with van der Waals surface area (Å²) < 4.78 is 31.2. The minimum Gasteiger partial charge on any atom is -0.400 e. The maximum Gasteiger partial charge on any atom is 0.187 e. The average Bonchev–Trinajstić information content (AvgIpc) is 4.38. The standard InChI is InChI=1S/C15H21N3O2.C12H16N4O4.C8H16O3.C8H14O2.C7H7N3.C4H11N.CH2Cl2.CH4O/c1-5-12-9(2)15(4,19)14(20-12)18-7-6-11-10(3)16-8-17-13(11)18;1-12(19)8(18)7(4-17)20-11(12)16-3-2-6-9(13)14-5-15-10(6)16;1-4-6-5(2)8(3,10)7(9)11-6;1-4-6-5(2)8(3)7(9-6)10-8;1-5-6-2-3-8-7(6)10-4-9-5;1-2-3-4-5;2-1-3;1-2/h6-9,12,14,19H,5H2,1-4H3;2-3,5,7-8,11,17-19H,4H2,1H3,(H2,13,14,15);5-7,9-10H,4H2,1-3H3;5-7H,4H2,1-3H3;2-4H,1H3,(H,8,9,10);2-5H2,1H3;1H2;2H,1H3/t9-,12?,14-,15-;7?,8-,11-,12-;5-,6?,7?,8-;5-,6?,7-,8-;;;;/m1111..../s1. The van der Waals surface area contributed by atoms with Crippen LogP contribution in [0, 0.1) is 31.6 Å². The summed E-state index contributed by atoms with van der Waals surface area (Å²) in [5.74, 6) is 0.980. The Bertz CT molecular complexity index is 2710. The van der Waals surface area contributed by atoms with Gasteiger partial charge in [-0.1, -0.05) is 54.9 Å². The van der Waals surface area contributed by atoms with Gasteiger partial charge >= 0.3 is 0 Å². The number of fused-ring (bicyclic) bond motifs is 4. The SMILES string of the molecule is CCC1OC(O)[C@](C)(O)[C@@H]1C.CCC1O[C@@H](n2ccc3c(C)ncnc32)[C@](C)(O)[C@@H]1C.CCC1O[C@@H]2O[C@]2(C)[C@@H]1C.CCCCN.CO.C[C@@]1(O)[C@H](O)C(CO)O[C@H]1n1ccc2c(N)ncnc21.Cc1ncnc2[nH]ccc12.ClCCl. The number of H-pyrrole nitrogens is 1. The molecule has 0 saturated carbocycles. The smallest absolute Gasteiger partial charge is 0.187 e. The molecule has 5 unspecified atom stereocenters. The summed E-state index contributed by atoms with van der Waals surface area (Å²) >= 11 is 9.53. The summed E-state index contributed by atoms with van der Waals surface area (Å²) in [7, 11) is 1.00. The van der Waals surface area contributed by atoms with Crippen molar-refractivity contribution in [1.82, 2.24) is 44.0 Å². The van der Waals surface area contributed by atoms with Crippen molar-refractivity contribution >= 4 is 62.1 Å². The maximum absolute atomic E-state index is 10.8. The molecule has 81 heavy (non-hydrogen) atoms. The van der Waals surface area contributed by atoms with Gasteiger partial charge in [0.25, 0.3) is 0 Å². The zero-order valence-electron chi connectivity index (χ0n) is 49.4. The Morgan fingerprint density at radius 2 is 1.12 bits per heavy atom. The normalized spacial score (nSPS) is 33.1. The van der Waals surface area contributed by atoms with E-state index >= 15 is 0 Å². The molecule has 25 heteroatoms.